The molecule has 2 aliphatic heterocycles. The zero-order valence-electron chi connectivity index (χ0n) is 15.1. The van der Waals surface area contributed by atoms with Gasteiger partial charge in [0.15, 0.2) is 5.96 Å². The molecule has 2 heterocycles. The highest BCUT2D eigenvalue weighted by molar-refractivity contribution is 14.0. The van der Waals surface area contributed by atoms with Crippen LogP contribution in [0.3, 0.4) is 0 Å². The average Bonchev–Trinajstić information content (AvgIpc) is 3.06. The molecule has 3 atom stereocenters. The Morgan fingerprint density at radius 3 is 2.60 bits per heavy atom. The lowest BCUT2D eigenvalue weighted by molar-refractivity contribution is 0.266. The van der Waals surface area contributed by atoms with Crippen molar-refractivity contribution in [1.82, 2.24) is 10.2 Å². The molecule has 4 nitrogen and oxygen atoms in total. The van der Waals surface area contributed by atoms with Crippen molar-refractivity contribution in [3.63, 3.8) is 0 Å². The van der Waals surface area contributed by atoms with Crippen molar-refractivity contribution in [2.24, 2.45) is 16.8 Å². The third-order valence-corrected chi connectivity index (χ3v) is 6.08. The molecule has 25 heavy (non-hydrogen) atoms. The molecule has 1 N–H and O–H groups in total. The van der Waals surface area contributed by atoms with Crippen LogP contribution in [-0.2, 0) is 0 Å². The van der Waals surface area contributed by atoms with E-state index >= 15 is 0 Å². The second-order valence-electron chi connectivity index (χ2n) is 7.51. The molecule has 0 radical (unpaired) electrons. The van der Waals surface area contributed by atoms with Gasteiger partial charge in [-0.25, -0.2) is 0 Å². The second kappa shape index (κ2) is 8.60. The molecule has 2 fully saturated rings. The molecule has 0 bridgehead atoms. The van der Waals surface area contributed by atoms with Crippen molar-refractivity contribution in [1.29, 1.82) is 0 Å². The van der Waals surface area contributed by atoms with Gasteiger partial charge in [-0.15, -0.1) is 24.0 Å². The minimum absolute atomic E-state index is 0. The van der Waals surface area contributed by atoms with Crippen molar-refractivity contribution in [2.45, 2.75) is 38.0 Å². The summed E-state index contributed by atoms with van der Waals surface area (Å²) in [5.74, 6) is 4.44. The number of fused-ring (bicyclic) bond motifs is 2. The fourth-order valence-corrected chi connectivity index (χ4v) is 4.75. The third-order valence-electron chi connectivity index (χ3n) is 6.08. The molecule has 138 valence electrons. The Kier molecular flexibility index (Phi) is 6.47. The van der Waals surface area contributed by atoms with Crippen LogP contribution in [0.25, 0.3) is 0 Å². The van der Waals surface area contributed by atoms with Gasteiger partial charge in [0.1, 0.15) is 5.75 Å². The first-order chi connectivity index (χ1) is 11.8. The standard InChI is InChI=1S/C20H29N3O.HI/c1-21-20(23-13-16-6-2-3-7-17(16)14-23)22-12-15-10-11-24-19-9-5-4-8-18(15)19;/h4-5,8-9,15-17H,2-3,6-7,10-14H2,1H3,(H,21,22);1H. The quantitative estimate of drug-likeness (QED) is 0.418. The van der Waals surface area contributed by atoms with Crippen LogP contribution in [0.1, 0.15) is 43.6 Å². The Bertz CT molecular complexity index is 592. The normalized spacial score (nSPS) is 28.4. The first-order valence-corrected chi connectivity index (χ1v) is 9.52. The van der Waals surface area contributed by atoms with E-state index in [-0.39, 0.29) is 24.0 Å². The van der Waals surface area contributed by atoms with Crippen molar-refractivity contribution in [2.75, 3.05) is 33.3 Å². The van der Waals surface area contributed by atoms with Crippen molar-refractivity contribution < 1.29 is 4.74 Å². The van der Waals surface area contributed by atoms with Gasteiger partial charge in [-0.05, 0) is 42.7 Å². The van der Waals surface area contributed by atoms with E-state index in [1.165, 1.54) is 44.3 Å². The van der Waals surface area contributed by atoms with Gasteiger partial charge in [-0.3, -0.25) is 4.99 Å². The molecule has 0 spiro atoms. The summed E-state index contributed by atoms with van der Waals surface area (Å²) in [5, 5.41) is 3.65. The Balaban J connectivity index is 0.00000182. The van der Waals surface area contributed by atoms with Crippen LogP contribution >= 0.6 is 24.0 Å². The first-order valence-electron chi connectivity index (χ1n) is 9.52. The van der Waals surface area contributed by atoms with E-state index in [4.69, 9.17) is 4.74 Å². The molecule has 0 aromatic heterocycles. The van der Waals surface area contributed by atoms with E-state index in [0.717, 1.165) is 43.1 Å². The first kappa shape index (κ1) is 18.8. The van der Waals surface area contributed by atoms with E-state index in [9.17, 15) is 0 Å². The molecular weight excluding hydrogens is 425 g/mol. The molecule has 5 heteroatoms. The number of guanidine groups is 1. The predicted octanol–water partition coefficient (Wildman–Crippen LogP) is 3.87. The van der Waals surface area contributed by atoms with Gasteiger partial charge in [-0.2, -0.15) is 0 Å². The van der Waals surface area contributed by atoms with Crippen LogP contribution in [0, 0.1) is 11.8 Å². The number of hydrogen-bond donors (Lipinski definition) is 1. The Hall–Kier alpha value is -0.980. The van der Waals surface area contributed by atoms with Crippen LogP contribution in [0.5, 0.6) is 5.75 Å². The van der Waals surface area contributed by atoms with Gasteiger partial charge in [-0.1, -0.05) is 31.0 Å². The predicted molar refractivity (Wildman–Crippen MR) is 113 cm³/mol. The fraction of sp³-hybridized carbons (Fsp3) is 0.650. The zero-order valence-corrected chi connectivity index (χ0v) is 17.4. The maximum Gasteiger partial charge on any atom is 0.193 e. The van der Waals surface area contributed by atoms with E-state index in [2.05, 4.69) is 39.5 Å². The lowest BCUT2D eigenvalue weighted by Gasteiger charge is -2.28. The summed E-state index contributed by atoms with van der Waals surface area (Å²) in [5.41, 5.74) is 1.33. The van der Waals surface area contributed by atoms with Gasteiger partial charge in [0.05, 0.1) is 6.61 Å². The monoisotopic (exact) mass is 455 g/mol. The van der Waals surface area contributed by atoms with Gasteiger partial charge >= 0.3 is 0 Å². The number of hydrogen-bond acceptors (Lipinski definition) is 2. The van der Waals surface area contributed by atoms with Crippen LogP contribution in [0.4, 0.5) is 0 Å². The number of benzene rings is 1. The number of aliphatic imine (C=N–C) groups is 1. The summed E-state index contributed by atoms with van der Waals surface area (Å²) in [6.45, 7) is 4.14. The molecule has 1 saturated carbocycles. The summed E-state index contributed by atoms with van der Waals surface area (Å²) < 4.78 is 5.78. The number of ether oxygens (including phenoxy) is 1. The van der Waals surface area contributed by atoms with E-state index in [1.807, 2.05) is 7.05 Å². The Morgan fingerprint density at radius 1 is 1.16 bits per heavy atom. The largest absolute Gasteiger partial charge is 0.493 e. The molecule has 3 unspecified atom stereocenters. The molecule has 1 aromatic rings. The lowest BCUT2D eigenvalue weighted by Crippen LogP contribution is -2.42. The van der Waals surface area contributed by atoms with Gasteiger partial charge in [0, 0.05) is 32.6 Å². The highest BCUT2D eigenvalue weighted by atomic mass is 127. The topological polar surface area (TPSA) is 36.9 Å². The van der Waals surface area contributed by atoms with E-state index in [0.29, 0.717) is 5.92 Å². The molecule has 1 aromatic carbocycles. The summed E-state index contributed by atoms with van der Waals surface area (Å²) in [4.78, 5) is 7.06. The van der Waals surface area contributed by atoms with Crippen LogP contribution < -0.4 is 10.1 Å². The molecular formula is C20H30IN3O. The average molecular weight is 455 g/mol. The van der Waals surface area contributed by atoms with Crippen molar-refractivity contribution in [3.8, 4) is 5.75 Å². The fourth-order valence-electron chi connectivity index (χ4n) is 4.75. The molecule has 1 aliphatic carbocycles. The number of likely N-dealkylation sites (tertiary alicyclic amines) is 1. The maximum absolute atomic E-state index is 5.78. The van der Waals surface area contributed by atoms with E-state index < -0.39 is 0 Å². The second-order valence-corrected chi connectivity index (χ2v) is 7.51. The summed E-state index contributed by atoms with van der Waals surface area (Å²) in [6, 6.07) is 8.45. The maximum atomic E-state index is 5.78. The van der Waals surface area contributed by atoms with Crippen molar-refractivity contribution in [3.05, 3.63) is 29.8 Å². The van der Waals surface area contributed by atoms with Gasteiger partial charge < -0.3 is 15.0 Å². The molecule has 3 aliphatic rings. The van der Waals surface area contributed by atoms with Crippen LogP contribution in [0.15, 0.2) is 29.3 Å². The zero-order chi connectivity index (χ0) is 16.4. The number of nitrogens with one attached hydrogen (secondary N) is 1. The molecule has 4 rings (SSSR count). The lowest BCUT2D eigenvalue weighted by atomic mass is 9.82. The molecule has 1 saturated heterocycles. The van der Waals surface area contributed by atoms with Crippen molar-refractivity contribution >= 4 is 29.9 Å². The molecule has 0 amide bonds. The number of para-hydroxylation sites is 1. The van der Waals surface area contributed by atoms with Crippen LogP contribution in [-0.4, -0.2) is 44.1 Å². The minimum Gasteiger partial charge on any atom is -0.493 e. The highest BCUT2D eigenvalue weighted by Crippen LogP contribution is 2.36. The smallest absolute Gasteiger partial charge is 0.193 e. The Morgan fingerprint density at radius 2 is 1.88 bits per heavy atom. The highest BCUT2D eigenvalue weighted by Gasteiger charge is 2.35. The number of halogens is 1. The Labute approximate surface area is 168 Å². The SMILES string of the molecule is CN=C(NCC1CCOc2ccccc21)N1CC2CCCCC2C1.I. The van der Waals surface area contributed by atoms with Crippen LogP contribution in [0.2, 0.25) is 0 Å². The summed E-state index contributed by atoms with van der Waals surface area (Å²) in [7, 11) is 1.92. The minimum atomic E-state index is 0. The third kappa shape index (κ3) is 4.07. The van der Waals surface area contributed by atoms with E-state index in [1.54, 1.807) is 0 Å². The number of rotatable bonds is 2. The summed E-state index contributed by atoms with van der Waals surface area (Å²) in [6.07, 6.45) is 6.73. The van der Waals surface area contributed by atoms with Gasteiger partial charge in [0.2, 0.25) is 0 Å². The van der Waals surface area contributed by atoms with Gasteiger partial charge in [0.25, 0.3) is 0 Å². The number of nitrogens with zero attached hydrogens (tertiary/aromatic N) is 2. The summed E-state index contributed by atoms with van der Waals surface area (Å²) >= 11 is 0.